The average molecular weight is 451 g/mol. The average Bonchev–Trinajstić information content (AvgIpc) is 3.43. The topological polar surface area (TPSA) is 119 Å². The van der Waals surface area contributed by atoms with Gasteiger partial charge in [0.1, 0.15) is 11.3 Å². The molecular weight excluding hydrogens is 424 g/mol. The maximum absolute atomic E-state index is 13.3. The molecule has 0 bridgehead atoms. The van der Waals surface area contributed by atoms with Crippen molar-refractivity contribution in [2.75, 3.05) is 26.2 Å². The van der Waals surface area contributed by atoms with E-state index < -0.39 is 0 Å². The van der Waals surface area contributed by atoms with Crippen molar-refractivity contribution in [3.05, 3.63) is 46.5 Å². The fourth-order valence-corrected chi connectivity index (χ4v) is 4.28. The van der Waals surface area contributed by atoms with Crippen LogP contribution in [-0.2, 0) is 6.54 Å². The number of rotatable bonds is 4. The molecule has 4 aromatic rings. The van der Waals surface area contributed by atoms with E-state index >= 15 is 0 Å². The second-order valence-corrected chi connectivity index (χ2v) is 8.45. The van der Waals surface area contributed by atoms with E-state index in [-0.39, 0.29) is 5.91 Å². The van der Waals surface area contributed by atoms with Gasteiger partial charge in [-0.3, -0.25) is 9.69 Å². The lowest BCUT2D eigenvalue weighted by molar-refractivity contribution is 0.0759. The van der Waals surface area contributed by atoms with E-state index in [1.54, 1.807) is 10.7 Å². The van der Waals surface area contributed by atoms with Crippen molar-refractivity contribution in [2.24, 2.45) is 0 Å². The number of amides is 1. The Morgan fingerprint density at radius 1 is 1.06 bits per heavy atom. The van der Waals surface area contributed by atoms with Gasteiger partial charge in [-0.2, -0.15) is 10.1 Å². The molecule has 1 aliphatic rings. The lowest BCUT2D eigenvalue weighted by Crippen LogP contribution is -2.35. The molecule has 1 aliphatic heterocycles. The van der Waals surface area contributed by atoms with Crippen LogP contribution in [0.25, 0.3) is 17.1 Å². The van der Waals surface area contributed by atoms with Crippen molar-refractivity contribution in [1.29, 1.82) is 0 Å². The van der Waals surface area contributed by atoms with E-state index in [4.69, 9.17) is 9.05 Å². The first-order valence-corrected chi connectivity index (χ1v) is 11.0. The first kappa shape index (κ1) is 21.3. The Morgan fingerprint density at radius 2 is 1.91 bits per heavy atom. The molecule has 0 N–H and O–H groups in total. The number of aromatic nitrogens is 6. The molecule has 0 aliphatic carbocycles. The zero-order valence-corrected chi connectivity index (χ0v) is 19.2. The highest BCUT2D eigenvalue weighted by Crippen LogP contribution is 2.25. The Labute approximate surface area is 190 Å². The summed E-state index contributed by atoms with van der Waals surface area (Å²) in [5.41, 5.74) is 4.48. The summed E-state index contributed by atoms with van der Waals surface area (Å²) < 4.78 is 12.4. The van der Waals surface area contributed by atoms with Crippen molar-refractivity contribution >= 4 is 11.6 Å². The number of carbonyl (C=O) groups excluding carboxylic acids is 1. The Morgan fingerprint density at radius 3 is 2.70 bits per heavy atom. The van der Waals surface area contributed by atoms with Crippen LogP contribution in [0.1, 0.15) is 45.4 Å². The predicted octanol–water partition coefficient (Wildman–Crippen LogP) is 2.35. The minimum Gasteiger partial charge on any atom is -0.361 e. The molecule has 0 unspecified atom stereocenters. The van der Waals surface area contributed by atoms with Crippen LogP contribution in [-0.4, -0.2) is 71.8 Å². The molecule has 0 radical (unpaired) electrons. The maximum Gasteiger partial charge on any atom is 0.263 e. The quantitative estimate of drug-likeness (QED) is 0.461. The first-order valence-electron chi connectivity index (χ1n) is 11.0. The third-order valence-corrected chi connectivity index (χ3v) is 6.03. The largest absolute Gasteiger partial charge is 0.361 e. The molecule has 172 valence electrons. The van der Waals surface area contributed by atoms with Gasteiger partial charge >= 0.3 is 0 Å². The third kappa shape index (κ3) is 3.99. The van der Waals surface area contributed by atoms with Crippen molar-refractivity contribution < 1.29 is 13.8 Å². The lowest BCUT2D eigenvalue weighted by atomic mass is 10.2. The molecule has 1 saturated heterocycles. The summed E-state index contributed by atoms with van der Waals surface area (Å²) in [4.78, 5) is 26.3. The molecule has 11 heteroatoms. The van der Waals surface area contributed by atoms with Gasteiger partial charge in [-0.15, -0.1) is 0 Å². The van der Waals surface area contributed by atoms with Gasteiger partial charge in [-0.25, -0.2) is 9.50 Å². The second-order valence-electron chi connectivity index (χ2n) is 8.45. The molecule has 0 saturated carbocycles. The minimum absolute atomic E-state index is 0.0165. The zero-order chi connectivity index (χ0) is 23.1. The smallest absolute Gasteiger partial charge is 0.263 e. The fraction of sp³-hybridized carbons (Fsp3) is 0.455. The van der Waals surface area contributed by atoms with E-state index in [0.717, 1.165) is 47.8 Å². The molecule has 0 aromatic carbocycles. The summed E-state index contributed by atoms with van der Waals surface area (Å²) >= 11 is 0. The highest BCUT2D eigenvalue weighted by Gasteiger charge is 2.25. The van der Waals surface area contributed by atoms with E-state index in [0.29, 0.717) is 42.7 Å². The Hall–Kier alpha value is -3.60. The van der Waals surface area contributed by atoms with Crippen LogP contribution < -0.4 is 0 Å². The third-order valence-electron chi connectivity index (χ3n) is 6.03. The van der Waals surface area contributed by atoms with Gasteiger partial charge in [-0.05, 0) is 34.1 Å². The van der Waals surface area contributed by atoms with Crippen LogP contribution >= 0.6 is 0 Å². The minimum atomic E-state index is -0.0165. The van der Waals surface area contributed by atoms with Crippen LogP contribution in [0.3, 0.4) is 0 Å². The summed E-state index contributed by atoms with van der Waals surface area (Å²) in [6, 6.07) is 1.90. The monoisotopic (exact) mass is 450 g/mol. The zero-order valence-electron chi connectivity index (χ0n) is 19.2. The van der Waals surface area contributed by atoms with Gasteiger partial charge in [-0.1, -0.05) is 10.3 Å². The number of fused-ring (bicyclic) bond motifs is 1. The van der Waals surface area contributed by atoms with Gasteiger partial charge in [0.25, 0.3) is 11.8 Å². The Bertz CT molecular complexity index is 1300. The molecule has 11 nitrogen and oxygen atoms in total. The Balaban J connectivity index is 1.26. The molecule has 0 atom stereocenters. The molecule has 5 rings (SSSR count). The summed E-state index contributed by atoms with van der Waals surface area (Å²) in [5, 5.41) is 12.5. The number of aryl methyl sites for hydroxylation is 4. The molecule has 1 amide bonds. The SMILES string of the molecule is Cc1cc2ncc(C(=O)N3CCCN(Cc4noc(-c5c(C)noc5C)n4)CC3)c(C)n2n1. The van der Waals surface area contributed by atoms with Crippen molar-refractivity contribution in [1.82, 2.24) is 39.7 Å². The molecule has 5 heterocycles. The molecule has 0 spiro atoms. The summed E-state index contributed by atoms with van der Waals surface area (Å²) in [6.45, 7) is 10.9. The lowest BCUT2D eigenvalue weighted by Gasteiger charge is -2.22. The fourth-order valence-electron chi connectivity index (χ4n) is 4.28. The maximum atomic E-state index is 13.3. The van der Waals surface area contributed by atoms with Gasteiger partial charge in [0.15, 0.2) is 11.5 Å². The first-order chi connectivity index (χ1) is 15.9. The standard InChI is InChI=1S/C22H26N8O3/c1-13-10-19-23-11-17(15(3)30(19)25-13)22(31)29-7-5-6-28(8-9-29)12-18-24-21(33-27-18)20-14(2)26-32-16(20)4/h10-11H,5-9,12H2,1-4H3. The molecule has 1 fully saturated rings. The van der Waals surface area contributed by atoms with Gasteiger partial charge in [0.2, 0.25) is 0 Å². The highest BCUT2D eigenvalue weighted by atomic mass is 16.5. The molecule has 33 heavy (non-hydrogen) atoms. The summed E-state index contributed by atoms with van der Waals surface area (Å²) in [6.07, 6.45) is 2.52. The molecular formula is C22H26N8O3. The van der Waals surface area contributed by atoms with E-state index in [9.17, 15) is 4.79 Å². The van der Waals surface area contributed by atoms with Crippen molar-refractivity contribution in [3.8, 4) is 11.5 Å². The van der Waals surface area contributed by atoms with Crippen LogP contribution in [0, 0.1) is 27.7 Å². The predicted molar refractivity (Wildman–Crippen MR) is 118 cm³/mol. The number of hydrogen-bond donors (Lipinski definition) is 0. The van der Waals surface area contributed by atoms with E-state index in [2.05, 4.69) is 30.3 Å². The van der Waals surface area contributed by atoms with Crippen LogP contribution in [0.2, 0.25) is 0 Å². The second kappa shape index (κ2) is 8.39. The van der Waals surface area contributed by atoms with Crippen LogP contribution in [0.5, 0.6) is 0 Å². The highest BCUT2D eigenvalue weighted by molar-refractivity contribution is 5.95. The number of nitrogens with zero attached hydrogens (tertiary/aromatic N) is 8. The number of hydrogen-bond acceptors (Lipinski definition) is 9. The van der Waals surface area contributed by atoms with Crippen LogP contribution in [0.4, 0.5) is 0 Å². The van der Waals surface area contributed by atoms with E-state index in [1.165, 1.54) is 0 Å². The van der Waals surface area contributed by atoms with Crippen molar-refractivity contribution in [3.63, 3.8) is 0 Å². The number of carbonyl (C=O) groups is 1. The summed E-state index contributed by atoms with van der Waals surface area (Å²) in [7, 11) is 0. The van der Waals surface area contributed by atoms with Gasteiger partial charge in [0.05, 0.1) is 29.2 Å². The Kier molecular flexibility index (Phi) is 5.41. The molecule has 4 aromatic heterocycles. The van der Waals surface area contributed by atoms with Gasteiger partial charge < -0.3 is 13.9 Å². The normalized spacial score (nSPS) is 15.3. The van der Waals surface area contributed by atoms with Crippen LogP contribution in [0.15, 0.2) is 21.3 Å². The van der Waals surface area contributed by atoms with Gasteiger partial charge in [0, 0.05) is 38.4 Å². The van der Waals surface area contributed by atoms with Crippen molar-refractivity contribution in [2.45, 2.75) is 40.7 Å². The summed E-state index contributed by atoms with van der Waals surface area (Å²) in [5.74, 6) is 1.65. The van der Waals surface area contributed by atoms with E-state index in [1.807, 2.05) is 38.7 Å².